The summed E-state index contributed by atoms with van der Waals surface area (Å²) >= 11 is 6.07. The van der Waals surface area contributed by atoms with E-state index in [4.69, 9.17) is 11.6 Å². The van der Waals surface area contributed by atoms with Crippen LogP contribution in [0.3, 0.4) is 0 Å². The Labute approximate surface area is 166 Å². The Balaban J connectivity index is 1.47. The third kappa shape index (κ3) is 3.00. The zero-order chi connectivity index (χ0) is 19.4. The van der Waals surface area contributed by atoms with Gasteiger partial charge in [-0.05, 0) is 42.4 Å². The van der Waals surface area contributed by atoms with Crippen molar-refractivity contribution in [2.45, 2.75) is 33.1 Å². The van der Waals surface area contributed by atoms with E-state index >= 15 is 0 Å². The van der Waals surface area contributed by atoms with Crippen LogP contribution in [0.4, 0.5) is 5.69 Å². The van der Waals surface area contributed by atoms with Crippen molar-refractivity contribution in [1.29, 1.82) is 0 Å². The van der Waals surface area contributed by atoms with Crippen molar-refractivity contribution in [3.8, 4) is 0 Å². The second-order valence-electron chi connectivity index (χ2n) is 8.79. The third-order valence-electron chi connectivity index (χ3n) is 7.37. The molecule has 2 bridgehead atoms. The van der Waals surface area contributed by atoms with Gasteiger partial charge in [-0.1, -0.05) is 31.5 Å². The fraction of sp³-hybridized carbons (Fsp3) is 0.650. The zero-order valence-corrected chi connectivity index (χ0v) is 17.5. The standard InChI is InChI=1S/C20H27ClN2O3S/c1-19(2)15-6-7-20(19,18(24)12-15)14-27(25,26)23-10-8-22(9-11-23)17-5-3-4-16(21)13-17/h3-5,13,15H,6-12,14H2,1-2H3. The zero-order valence-electron chi connectivity index (χ0n) is 15.9. The van der Waals surface area contributed by atoms with Crippen LogP contribution in [0, 0.1) is 16.7 Å². The molecule has 7 heteroatoms. The number of ketones is 1. The molecular weight excluding hydrogens is 384 g/mol. The van der Waals surface area contributed by atoms with Gasteiger partial charge in [-0.15, -0.1) is 0 Å². The molecule has 1 aromatic carbocycles. The van der Waals surface area contributed by atoms with Crippen molar-refractivity contribution in [3.05, 3.63) is 29.3 Å². The molecule has 0 aromatic heterocycles. The first kappa shape index (κ1) is 19.2. The molecule has 1 aliphatic heterocycles. The summed E-state index contributed by atoms with van der Waals surface area (Å²) in [4.78, 5) is 14.9. The number of halogens is 1. The van der Waals surface area contributed by atoms with Gasteiger partial charge < -0.3 is 4.90 Å². The van der Waals surface area contributed by atoms with Crippen LogP contribution < -0.4 is 4.90 Å². The molecule has 2 saturated carbocycles. The summed E-state index contributed by atoms with van der Waals surface area (Å²) in [5.74, 6) is 0.462. The molecule has 4 rings (SSSR count). The first-order valence-electron chi connectivity index (χ1n) is 9.67. The summed E-state index contributed by atoms with van der Waals surface area (Å²) < 4.78 is 28.0. The van der Waals surface area contributed by atoms with Crippen molar-refractivity contribution >= 4 is 33.1 Å². The Morgan fingerprint density at radius 1 is 1.19 bits per heavy atom. The molecule has 5 nitrogen and oxygen atoms in total. The highest BCUT2D eigenvalue weighted by Crippen LogP contribution is 2.64. The molecule has 2 atom stereocenters. The van der Waals surface area contributed by atoms with E-state index in [1.165, 1.54) is 0 Å². The molecule has 1 saturated heterocycles. The Morgan fingerprint density at radius 2 is 1.89 bits per heavy atom. The molecule has 0 radical (unpaired) electrons. The van der Waals surface area contributed by atoms with Gasteiger partial charge in [0.15, 0.2) is 0 Å². The average molecular weight is 411 g/mol. The van der Waals surface area contributed by atoms with Crippen LogP contribution in [0.1, 0.15) is 33.1 Å². The quantitative estimate of drug-likeness (QED) is 0.764. The van der Waals surface area contributed by atoms with Crippen LogP contribution in [0.2, 0.25) is 5.02 Å². The van der Waals surface area contributed by atoms with Gasteiger partial charge in [-0.25, -0.2) is 8.42 Å². The minimum atomic E-state index is -3.47. The van der Waals surface area contributed by atoms with Gasteiger partial charge in [0.1, 0.15) is 5.78 Å². The van der Waals surface area contributed by atoms with Crippen LogP contribution >= 0.6 is 11.6 Å². The summed E-state index contributed by atoms with van der Waals surface area (Å²) in [6.07, 6.45) is 2.23. The van der Waals surface area contributed by atoms with Crippen LogP contribution in [-0.4, -0.2) is 50.4 Å². The maximum Gasteiger partial charge on any atom is 0.215 e. The van der Waals surface area contributed by atoms with Gasteiger partial charge in [0, 0.05) is 48.7 Å². The number of anilines is 1. The number of piperazine rings is 1. The van der Waals surface area contributed by atoms with E-state index in [0.717, 1.165) is 12.1 Å². The lowest BCUT2D eigenvalue weighted by atomic mass is 9.70. The average Bonchev–Trinajstić information content (AvgIpc) is 2.96. The van der Waals surface area contributed by atoms with E-state index < -0.39 is 15.4 Å². The molecular formula is C20H27ClN2O3S. The molecule has 148 valence electrons. The van der Waals surface area contributed by atoms with E-state index in [0.29, 0.717) is 50.0 Å². The van der Waals surface area contributed by atoms with Gasteiger partial charge in [0.2, 0.25) is 10.0 Å². The molecule has 0 N–H and O–H groups in total. The maximum atomic E-state index is 13.2. The topological polar surface area (TPSA) is 57.7 Å². The van der Waals surface area contributed by atoms with E-state index in [1.54, 1.807) is 4.31 Å². The Kier molecular flexibility index (Phi) is 4.60. The molecule has 1 heterocycles. The monoisotopic (exact) mass is 410 g/mol. The third-order valence-corrected chi connectivity index (χ3v) is 9.62. The first-order chi connectivity index (χ1) is 12.7. The molecule has 0 spiro atoms. The Bertz CT molecular complexity index is 862. The molecule has 3 aliphatic rings. The van der Waals surface area contributed by atoms with Gasteiger partial charge in [-0.2, -0.15) is 4.31 Å². The molecule has 0 amide bonds. The lowest BCUT2D eigenvalue weighted by Crippen LogP contribution is -2.52. The highest BCUT2D eigenvalue weighted by atomic mass is 35.5. The van der Waals surface area contributed by atoms with Gasteiger partial charge in [-0.3, -0.25) is 4.79 Å². The summed E-state index contributed by atoms with van der Waals surface area (Å²) in [5.41, 5.74) is 0.101. The van der Waals surface area contributed by atoms with Crippen molar-refractivity contribution in [2.75, 3.05) is 36.8 Å². The smallest absolute Gasteiger partial charge is 0.215 e. The lowest BCUT2D eigenvalue weighted by Gasteiger charge is -2.40. The SMILES string of the molecule is CC1(C)C2CCC1(CS(=O)(=O)N1CCN(c3cccc(Cl)c3)CC1)C(=O)C2. The minimum absolute atomic E-state index is 0.0283. The van der Waals surface area contributed by atoms with Crippen molar-refractivity contribution < 1.29 is 13.2 Å². The van der Waals surface area contributed by atoms with Crippen LogP contribution in [0.25, 0.3) is 0 Å². The fourth-order valence-corrected chi connectivity index (χ4v) is 7.79. The van der Waals surface area contributed by atoms with E-state index in [9.17, 15) is 13.2 Å². The van der Waals surface area contributed by atoms with Gasteiger partial charge in [0.05, 0.1) is 5.75 Å². The molecule has 3 fully saturated rings. The number of hydrogen-bond donors (Lipinski definition) is 0. The predicted octanol–water partition coefficient (Wildman–Crippen LogP) is 3.19. The second-order valence-corrected chi connectivity index (χ2v) is 11.2. The molecule has 2 aliphatic carbocycles. The van der Waals surface area contributed by atoms with Crippen LogP contribution in [0.5, 0.6) is 0 Å². The molecule has 27 heavy (non-hydrogen) atoms. The van der Waals surface area contributed by atoms with Crippen molar-refractivity contribution in [3.63, 3.8) is 0 Å². The number of benzene rings is 1. The number of fused-ring (bicyclic) bond motifs is 2. The largest absolute Gasteiger partial charge is 0.369 e. The number of nitrogens with zero attached hydrogens (tertiary/aromatic N) is 2. The second kappa shape index (κ2) is 6.46. The van der Waals surface area contributed by atoms with Crippen LogP contribution in [-0.2, 0) is 14.8 Å². The van der Waals surface area contributed by atoms with Gasteiger partial charge in [0.25, 0.3) is 0 Å². The molecule has 1 aromatic rings. The van der Waals surface area contributed by atoms with E-state index in [-0.39, 0.29) is 17.0 Å². The Hall–Kier alpha value is -1.11. The van der Waals surface area contributed by atoms with Gasteiger partial charge >= 0.3 is 0 Å². The highest BCUT2D eigenvalue weighted by Gasteiger charge is 2.65. The summed E-state index contributed by atoms with van der Waals surface area (Å²) in [5, 5.41) is 0.680. The van der Waals surface area contributed by atoms with Crippen molar-refractivity contribution in [2.24, 2.45) is 16.7 Å². The number of carbonyl (C=O) groups is 1. The number of hydrogen-bond acceptors (Lipinski definition) is 4. The first-order valence-corrected chi connectivity index (χ1v) is 11.7. The summed E-state index contributed by atoms with van der Waals surface area (Å²) in [6, 6.07) is 7.64. The predicted molar refractivity (Wildman–Crippen MR) is 108 cm³/mol. The Morgan fingerprint density at radius 3 is 2.44 bits per heavy atom. The van der Waals surface area contributed by atoms with Crippen molar-refractivity contribution in [1.82, 2.24) is 4.31 Å². The highest BCUT2D eigenvalue weighted by molar-refractivity contribution is 7.89. The number of carbonyl (C=O) groups excluding carboxylic acids is 1. The fourth-order valence-electron chi connectivity index (χ4n) is 5.41. The number of Topliss-reactive ketones (excluding diaryl/α,β-unsaturated/α-hetero) is 1. The van der Waals surface area contributed by atoms with E-state index in [2.05, 4.69) is 18.7 Å². The molecule has 2 unspecified atom stereocenters. The van der Waals surface area contributed by atoms with E-state index in [1.807, 2.05) is 24.3 Å². The van der Waals surface area contributed by atoms with Crippen LogP contribution in [0.15, 0.2) is 24.3 Å². The summed E-state index contributed by atoms with van der Waals surface area (Å²) in [7, 11) is -3.47. The normalized spacial score (nSPS) is 30.9. The number of rotatable bonds is 4. The lowest BCUT2D eigenvalue weighted by molar-refractivity contribution is -0.128. The maximum absolute atomic E-state index is 13.2. The summed E-state index contributed by atoms with van der Waals surface area (Å²) in [6.45, 7) is 6.33. The number of sulfonamides is 1. The minimum Gasteiger partial charge on any atom is -0.369 e.